The number of hydrogen-bond acceptors (Lipinski definition) is 3. The zero-order chi connectivity index (χ0) is 18.8. The van der Waals surface area contributed by atoms with Crippen molar-refractivity contribution in [1.82, 2.24) is 9.78 Å². The van der Waals surface area contributed by atoms with Crippen LogP contribution >= 0.6 is 0 Å². The Hall–Kier alpha value is -1.92. The van der Waals surface area contributed by atoms with Crippen molar-refractivity contribution in [1.29, 1.82) is 0 Å². The lowest BCUT2D eigenvalue weighted by Gasteiger charge is -2.36. The minimum absolute atomic E-state index is 0.175. The first-order chi connectivity index (χ1) is 11.5. The van der Waals surface area contributed by atoms with Crippen molar-refractivity contribution in [3.05, 3.63) is 47.8 Å². The molecular formula is C19H28N2O3Si. The first kappa shape index (κ1) is 19.4. The van der Waals surface area contributed by atoms with Crippen molar-refractivity contribution in [3.8, 4) is 5.69 Å². The predicted octanol–water partition coefficient (Wildman–Crippen LogP) is 4.58. The van der Waals surface area contributed by atoms with Gasteiger partial charge in [0.2, 0.25) is 0 Å². The van der Waals surface area contributed by atoms with Gasteiger partial charge in [-0.2, -0.15) is 5.10 Å². The molecule has 1 heterocycles. The van der Waals surface area contributed by atoms with Crippen molar-refractivity contribution in [2.45, 2.75) is 58.4 Å². The van der Waals surface area contributed by atoms with Crippen LogP contribution < -0.4 is 0 Å². The predicted molar refractivity (Wildman–Crippen MR) is 102 cm³/mol. The molecule has 136 valence electrons. The highest BCUT2D eigenvalue weighted by molar-refractivity contribution is 6.74. The zero-order valence-electron chi connectivity index (χ0n) is 15.9. The zero-order valence-corrected chi connectivity index (χ0v) is 16.9. The summed E-state index contributed by atoms with van der Waals surface area (Å²) < 4.78 is 7.99. The summed E-state index contributed by atoms with van der Waals surface area (Å²) >= 11 is 0. The van der Waals surface area contributed by atoms with Crippen LogP contribution in [0.15, 0.2) is 36.7 Å². The van der Waals surface area contributed by atoms with E-state index in [0.29, 0.717) is 12.2 Å². The van der Waals surface area contributed by atoms with Gasteiger partial charge in [-0.1, -0.05) is 32.9 Å². The second kappa shape index (κ2) is 7.13. The second-order valence-electron chi connectivity index (χ2n) is 8.00. The lowest BCUT2D eigenvalue weighted by atomic mass is 10.1. The van der Waals surface area contributed by atoms with Gasteiger partial charge >= 0.3 is 5.97 Å². The Bertz CT molecular complexity index is 747. The normalized spacial score (nSPS) is 13.7. The Morgan fingerprint density at radius 3 is 2.64 bits per heavy atom. The monoisotopic (exact) mass is 360 g/mol. The van der Waals surface area contributed by atoms with E-state index in [4.69, 9.17) is 9.53 Å². The van der Waals surface area contributed by atoms with Gasteiger partial charge in [0.1, 0.15) is 0 Å². The van der Waals surface area contributed by atoms with Gasteiger partial charge < -0.3 is 9.53 Å². The van der Waals surface area contributed by atoms with E-state index >= 15 is 0 Å². The maximum Gasteiger partial charge on any atom is 0.310 e. The SMILES string of the molecule is CC(C(=O)O)c1cnn(-c2cccc(CO[Si](C)(C)C(C)(C)C)c2)c1. The molecule has 0 saturated carbocycles. The van der Waals surface area contributed by atoms with E-state index in [-0.39, 0.29) is 5.04 Å². The van der Waals surface area contributed by atoms with Crippen molar-refractivity contribution in [2.75, 3.05) is 0 Å². The van der Waals surface area contributed by atoms with Crippen LogP contribution in [0.4, 0.5) is 0 Å². The molecule has 1 unspecified atom stereocenters. The number of benzene rings is 1. The number of hydrogen-bond donors (Lipinski definition) is 1. The summed E-state index contributed by atoms with van der Waals surface area (Å²) in [6.07, 6.45) is 3.38. The quantitative estimate of drug-likeness (QED) is 0.766. The highest BCUT2D eigenvalue weighted by Gasteiger charge is 2.37. The molecule has 1 N–H and O–H groups in total. The minimum atomic E-state index is -1.80. The number of carboxylic acids is 1. The summed E-state index contributed by atoms with van der Waals surface area (Å²) in [5.41, 5.74) is 2.68. The van der Waals surface area contributed by atoms with Crippen LogP contribution in [0.5, 0.6) is 0 Å². The third kappa shape index (κ3) is 4.58. The van der Waals surface area contributed by atoms with Gasteiger partial charge in [-0.3, -0.25) is 4.79 Å². The van der Waals surface area contributed by atoms with E-state index in [1.165, 1.54) is 0 Å². The molecule has 0 amide bonds. The van der Waals surface area contributed by atoms with Crippen LogP contribution in [-0.2, 0) is 15.8 Å². The standard InChI is InChI=1S/C19H28N2O3Si/c1-14(18(22)23)16-11-20-21(12-16)17-9-7-8-15(10-17)13-24-25(5,6)19(2,3)4/h7-12,14H,13H2,1-6H3,(H,22,23). The molecule has 0 aliphatic rings. The number of rotatable bonds is 6. The Labute approximate surface area is 150 Å². The lowest BCUT2D eigenvalue weighted by Crippen LogP contribution is -2.40. The Morgan fingerprint density at radius 2 is 2.04 bits per heavy atom. The summed E-state index contributed by atoms with van der Waals surface area (Å²) in [5.74, 6) is -1.42. The van der Waals surface area contributed by atoms with E-state index in [1.807, 2.05) is 24.3 Å². The number of carboxylic acid groups (broad SMARTS) is 1. The molecule has 25 heavy (non-hydrogen) atoms. The van der Waals surface area contributed by atoms with Crippen LogP contribution in [0, 0.1) is 0 Å². The van der Waals surface area contributed by atoms with Crippen LogP contribution in [0.2, 0.25) is 18.1 Å². The molecule has 2 aromatic rings. The summed E-state index contributed by atoms with van der Waals surface area (Å²) in [4.78, 5) is 11.1. The highest BCUT2D eigenvalue weighted by atomic mass is 28.4. The third-order valence-electron chi connectivity index (χ3n) is 5.05. The van der Waals surface area contributed by atoms with Gasteiger partial charge in [-0.15, -0.1) is 0 Å². The number of carbonyl (C=O) groups is 1. The summed E-state index contributed by atoms with van der Waals surface area (Å²) in [6.45, 7) is 13.4. The molecule has 0 spiro atoms. The van der Waals surface area contributed by atoms with Crippen molar-refractivity contribution in [2.24, 2.45) is 0 Å². The summed E-state index contributed by atoms with van der Waals surface area (Å²) in [6, 6.07) is 8.01. The Balaban J connectivity index is 2.16. The fourth-order valence-electron chi connectivity index (χ4n) is 2.11. The Morgan fingerprint density at radius 1 is 1.36 bits per heavy atom. The van der Waals surface area contributed by atoms with Crippen LogP contribution in [0.25, 0.3) is 5.69 Å². The van der Waals surface area contributed by atoms with Crippen LogP contribution in [-0.4, -0.2) is 29.2 Å². The minimum Gasteiger partial charge on any atom is -0.481 e. The third-order valence-corrected chi connectivity index (χ3v) is 9.53. The molecule has 0 aliphatic carbocycles. The Kier molecular flexibility index (Phi) is 5.54. The second-order valence-corrected chi connectivity index (χ2v) is 12.8. The number of aliphatic carboxylic acids is 1. The average Bonchev–Trinajstić information content (AvgIpc) is 3.01. The molecule has 0 fully saturated rings. The average molecular weight is 361 g/mol. The van der Waals surface area contributed by atoms with Crippen LogP contribution in [0.1, 0.15) is 44.7 Å². The maximum atomic E-state index is 11.1. The van der Waals surface area contributed by atoms with Gasteiger partial charge in [0, 0.05) is 11.8 Å². The summed E-state index contributed by atoms with van der Waals surface area (Å²) in [5, 5.41) is 13.6. The molecule has 0 radical (unpaired) electrons. The largest absolute Gasteiger partial charge is 0.481 e. The number of nitrogens with zero attached hydrogens (tertiary/aromatic N) is 2. The smallest absolute Gasteiger partial charge is 0.310 e. The fraction of sp³-hybridized carbons (Fsp3) is 0.474. The van der Waals surface area contributed by atoms with Gasteiger partial charge in [-0.05, 0) is 42.8 Å². The van der Waals surface area contributed by atoms with Gasteiger partial charge in [0.05, 0.1) is 24.4 Å². The van der Waals surface area contributed by atoms with E-state index in [0.717, 1.165) is 11.3 Å². The van der Waals surface area contributed by atoms with Crippen molar-refractivity contribution >= 4 is 14.3 Å². The molecule has 0 saturated heterocycles. The number of aromatic nitrogens is 2. The van der Waals surface area contributed by atoms with Crippen LogP contribution in [0.3, 0.4) is 0 Å². The molecular weight excluding hydrogens is 332 g/mol. The van der Waals surface area contributed by atoms with Gasteiger partial charge in [0.15, 0.2) is 8.32 Å². The highest BCUT2D eigenvalue weighted by Crippen LogP contribution is 2.37. The molecule has 1 atom stereocenters. The molecule has 6 heteroatoms. The van der Waals surface area contributed by atoms with E-state index < -0.39 is 20.2 Å². The fourth-order valence-corrected chi connectivity index (χ4v) is 3.07. The van der Waals surface area contributed by atoms with E-state index in [9.17, 15) is 4.79 Å². The van der Waals surface area contributed by atoms with Crippen molar-refractivity contribution < 1.29 is 14.3 Å². The summed E-state index contributed by atoms with van der Waals surface area (Å²) in [7, 11) is -1.80. The van der Waals surface area contributed by atoms with Gasteiger partial charge in [0.25, 0.3) is 0 Å². The molecule has 5 nitrogen and oxygen atoms in total. The molecule has 0 aliphatic heterocycles. The first-order valence-corrected chi connectivity index (χ1v) is 11.4. The molecule has 1 aromatic carbocycles. The van der Waals surface area contributed by atoms with E-state index in [1.54, 1.807) is 24.0 Å². The molecule has 0 bridgehead atoms. The van der Waals surface area contributed by atoms with E-state index in [2.05, 4.69) is 39.0 Å². The topological polar surface area (TPSA) is 64.3 Å². The molecule has 2 rings (SSSR count). The maximum absolute atomic E-state index is 11.1. The first-order valence-electron chi connectivity index (χ1n) is 8.52. The van der Waals surface area contributed by atoms with Crippen molar-refractivity contribution in [3.63, 3.8) is 0 Å². The lowest BCUT2D eigenvalue weighted by molar-refractivity contribution is -0.138. The van der Waals surface area contributed by atoms with Gasteiger partial charge in [-0.25, -0.2) is 4.68 Å². The molecule has 1 aromatic heterocycles.